The van der Waals surface area contributed by atoms with Crippen LogP contribution >= 0.6 is 0 Å². The van der Waals surface area contributed by atoms with E-state index in [-0.39, 0.29) is 17.9 Å². The molecule has 1 atom stereocenters. The zero-order chi connectivity index (χ0) is 14.5. The number of carbonyl (C=O) groups is 1. The third-order valence-electron chi connectivity index (χ3n) is 3.81. The van der Waals surface area contributed by atoms with E-state index in [1.807, 2.05) is 18.2 Å². The molecule has 0 aromatic heterocycles. The molecule has 0 saturated heterocycles. The van der Waals surface area contributed by atoms with Gasteiger partial charge in [-0.15, -0.1) is 0 Å². The van der Waals surface area contributed by atoms with Crippen LogP contribution in [0.5, 0.6) is 0 Å². The maximum Gasteiger partial charge on any atom is 0.223 e. The summed E-state index contributed by atoms with van der Waals surface area (Å²) in [6, 6.07) is 10.3. The van der Waals surface area contributed by atoms with Crippen LogP contribution in [0.4, 0.5) is 0 Å². The molecule has 2 heteroatoms. The molecule has 1 aliphatic carbocycles. The summed E-state index contributed by atoms with van der Waals surface area (Å²) < 4.78 is 0. The molecule has 0 radical (unpaired) electrons. The molecule has 1 saturated carbocycles. The number of allylic oxidation sites excluding steroid dienone is 1. The van der Waals surface area contributed by atoms with Gasteiger partial charge in [0.15, 0.2) is 0 Å². The van der Waals surface area contributed by atoms with Gasteiger partial charge in [0.05, 0.1) is 6.04 Å². The third kappa shape index (κ3) is 3.72. The van der Waals surface area contributed by atoms with Gasteiger partial charge in [-0.3, -0.25) is 4.79 Å². The van der Waals surface area contributed by atoms with Crippen molar-refractivity contribution in [2.24, 2.45) is 11.8 Å². The van der Waals surface area contributed by atoms with Crippen molar-refractivity contribution in [2.75, 3.05) is 0 Å². The molecule has 0 aliphatic heterocycles. The average molecular weight is 271 g/mol. The Morgan fingerprint density at radius 2 is 1.95 bits per heavy atom. The fourth-order valence-corrected chi connectivity index (χ4v) is 2.53. The van der Waals surface area contributed by atoms with Crippen molar-refractivity contribution in [3.63, 3.8) is 0 Å². The summed E-state index contributed by atoms with van der Waals surface area (Å²) in [6.07, 6.45) is 5.34. The molecule has 1 fully saturated rings. The van der Waals surface area contributed by atoms with Gasteiger partial charge in [0.2, 0.25) is 5.91 Å². The zero-order valence-corrected chi connectivity index (χ0v) is 12.7. The summed E-state index contributed by atoms with van der Waals surface area (Å²) in [7, 11) is 0. The monoisotopic (exact) mass is 271 g/mol. The fourth-order valence-electron chi connectivity index (χ4n) is 2.53. The van der Waals surface area contributed by atoms with Crippen molar-refractivity contribution in [1.82, 2.24) is 5.32 Å². The lowest BCUT2D eigenvalue weighted by Gasteiger charge is -2.25. The van der Waals surface area contributed by atoms with E-state index in [0.29, 0.717) is 5.92 Å². The Balaban J connectivity index is 2.27. The maximum atomic E-state index is 12.2. The zero-order valence-electron chi connectivity index (χ0n) is 12.7. The van der Waals surface area contributed by atoms with E-state index in [9.17, 15) is 4.79 Å². The van der Waals surface area contributed by atoms with E-state index in [0.717, 1.165) is 19.3 Å². The highest BCUT2D eigenvalue weighted by molar-refractivity contribution is 5.81. The van der Waals surface area contributed by atoms with Gasteiger partial charge >= 0.3 is 0 Å². The van der Waals surface area contributed by atoms with Crippen LogP contribution in [0.1, 0.15) is 51.6 Å². The molecular weight excluding hydrogens is 246 g/mol. The lowest BCUT2D eigenvalue weighted by atomic mass is 9.89. The van der Waals surface area contributed by atoms with Crippen molar-refractivity contribution < 1.29 is 4.79 Å². The molecule has 1 aromatic carbocycles. The van der Waals surface area contributed by atoms with Crippen molar-refractivity contribution in [2.45, 2.75) is 46.1 Å². The van der Waals surface area contributed by atoms with Crippen LogP contribution in [0.2, 0.25) is 0 Å². The number of rotatable bonds is 6. The SMILES string of the molecule is CC/C=C(\C(C)C)C(NC(=O)C1CC1)c1ccccc1. The Morgan fingerprint density at radius 3 is 2.45 bits per heavy atom. The molecule has 20 heavy (non-hydrogen) atoms. The van der Waals surface area contributed by atoms with Gasteiger partial charge < -0.3 is 5.32 Å². The molecule has 2 nitrogen and oxygen atoms in total. The first kappa shape index (κ1) is 14.8. The number of amides is 1. The van der Waals surface area contributed by atoms with E-state index < -0.39 is 0 Å². The predicted molar refractivity (Wildman–Crippen MR) is 83.3 cm³/mol. The summed E-state index contributed by atoms with van der Waals surface area (Å²) >= 11 is 0. The molecule has 1 N–H and O–H groups in total. The molecular formula is C18H25NO. The highest BCUT2D eigenvalue weighted by Gasteiger charge is 2.32. The molecule has 1 aromatic rings. The predicted octanol–water partition coefficient (Wildman–Crippen LogP) is 4.25. The van der Waals surface area contributed by atoms with E-state index in [1.54, 1.807) is 0 Å². The van der Waals surface area contributed by atoms with Gasteiger partial charge in [0.1, 0.15) is 0 Å². The Bertz CT molecular complexity index is 471. The molecule has 1 amide bonds. The first-order valence-corrected chi connectivity index (χ1v) is 7.68. The summed E-state index contributed by atoms with van der Waals surface area (Å²) in [5.41, 5.74) is 2.49. The molecule has 0 spiro atoms. The van der Waals surface area contributed by atoms with Crippen molar-refractivity contribution in [3.05, 3.63) is 47.5 Å². The van der Waals surface area contributed by atoms with Gasteiger partial charge in [0.25, 0.3) is 0 Å². The van der Waals surface area contributed by atoms with Crippen LogP contribution in [-0.2, 0) is 4.79 Å². The fraction of sp³-hybridized carbons (Fsp3) is 0.500. The number of carbonyl (C=O) groups excluding carboxylic acids is 1. The number of hydrogen-bond donors (Lipinski definition) is 1. The van der Waals surface area contributed by atoms with Gasteiger partial charge in [-0.1, -0.05) is 57.2 Å². The van der Waals surface area contributed by atoms with Crippen molar-refractivity contribution in [3.8, 4) is 0 Å². The topological polar surface area (TPSA) is 29.1 Å². The Hall–Kier alpha value is -1.57. The summed E-state index contributed by atoms with van der Waals surface area (Å²) in [4.78, 5) is 12.2. The molecule has 0 heterocycles. The van der Waals surface area contributed by atoms with Gasteiger partial charge in [-0.05, 0) is 36.3 Å². The molecule has 1 aliphatic rings. The van der Waals surface area contributed by atoms with Gasteiger partial charge in [-0.2, -0.15) is 0 Å². The van der Waals surface area contributed by atoms with Crippen LogP contribution in [0, 0.1) is 11.8 Å². The van der Waals surface area contributed by atoms with Crippen LogP contribution in [-0.4, -0.2) is 5.91 Å². The van der Waals surface area contributed by atoms with Gasteiger partial charge in [0, 0.05) is 5.92 Å². The summed E-state index contributed by atoms with van der Waals surface area (Å²) in [6.45, 7) is 6.54. The minimum Gasteiger partial charge on any atom is -0.345 e. The van der Waals surface area contributed by atoms with Crippen molar-refractivity contribution in [1.29, 1.82) is 0 Å². The maximum absolute atomic E-state index is 12.2. The van der Waals surface area contributed by atoms with Gasteiger partial charge in [-0.25, -0.2) is 0 Å². The molecule has 1 unspecified atom stereocenters. The van der Waals surface area contributed by atoms with E-state index in [1.165, 1.54) is 11.1 Å². The Morgan fingerprint density at radius 1 is 1.30 bits per heavy atom. The second-order valence-electron chi connectivity index (χ2n) is 5.89. The molecule has 108 valence electrons. The number of benzene rings is 1. The first-order valence-electron chi connectivity index (χ1n) is 7.68. The number of hydrogen-bond acceptors (Lipinski definition) is 1. The second-order valence-corrected chi connectivity index (χ2v) is 5.89. The smallest absolute Gasteiger partial charge is 0.223 e. The summed E-state index contributed by atoms with van der Waals surface area (Å²) in [5.74, 6) is 0.886. The van der Waals surface area contributed by atoms with E-state index in [4.69, 9.17) is 0 Å². The van der Waals surface area contributed by atoms with Crippen LogP contribution in [0.15, 0.2) is 42.0 Å². The minimum atomic E-state index is 0.0178. The summed E-state index contributed by atoms with van der Waals surface area (Å²) in [5, 5.41) is 3.25. The quantitative estimate of drug-likeness (QED) is 0.770. The van der Waals surface area contributed by atoms with Crippen molar-refractivity contribution >= 4 is 5.91 Å². The lowest BCUT2D eigenvalue weighted by Crippen LogP contribution is -2.32. The largest absolute Gasteiger partial charge is 0.345 e. The normalized spacial score (nSPS) is 17.1. The Kier molecular flexibility index (Phi) is 4.99. The lowest BCUT2D eigenvalue weighted by molar-refractivity contribution is -0.122. The molecule has 2 rings (SSSR count). The Labute approximate surface area is 122 Å². The highest BCUT2D eigenvalue weighted by atomic mass is 16.2. The van der Waals surface area contributed by atoms with Crippen LogP contribution in [0.3, 0.4) is 0 Å². The van der Waals surface area contributed by atoms with E-state index in [2.05, 4.69) is 44.3 Å². The standard InChI is InChI=1S/C18H25NO/c1-4-8-16(13(2)3)17(14-9-6-5-7-10-14)19-18(20)15-11-12-15/h5-10,13,15,17H,4,11-12H2,1-3H3,(H,19,20)/b16-8+. The van der Waals surface area contributed by atoms with E-state index >= 15 is 0 Å². The third-order valence-corrected chi connectivity index (χ3v) is 3.81. The highest BCUT2D eigenvalue weighted by Crippen LogP contribution is 2.33. The number of nitrogens with one attached hydrogen (secondary N) is 1. The second kappa shape index (κ2) is 6.74. The molecule has 0 bridgehead atoms. The average Bonchev–Trinajstić information content (AvgIpc) is 3.27. The van der Waals surface area contributed by atoms with Crippen LogP contribution in [0.25, 0.3) is 0 Å². The first-order chi connectivity index (χ1) is 9.63. The minimum absolute atomic E-state index is 0.0178. The van der Waals surface area contributed by atoms with Crippen LogP contribution < -0.4 is 5.32 Å².